The molecule has 0 fully saturated rings. The van der Waals surface area contributed by atoms with E-state index in [2.05, 4.69) is 20.8 Å². The van der Waals surface area contributed by atoms with Crippen molar-refractivity contribution in [1.82, 2.24) is 0 Å². The minimum Gasteiger partial charge on any atom is -0.394 e. The molecule has 0 aromatic carbocycles. The molecule has 0 aromatic rings. The maximum Gasteiger partial charge on any atom is 0.337 e. The topological polar surface area (TPSA) is 44.5 Å². The van der Waals surface area contributed by atoms with Gasteiger partial charge in [-0.1, -0.05) is 58.3 Å². The molecule has 21 heavy (non-hydrogen) atoms. The molecule has 4 heteroatoms. The van der Waals surface area contributed by atoms with Crippen LogP contribution in [0.3, 0.4) is 0 Å². The molecule has 3 nitrogen and oxygen atoms in total. The van der Waals surface area contributed by atoms with Gasteiger partial charge in [0.15, 0.2) is 0 Å². The van der Waals surface area contributed by atoms with E-state index in [1.165, 1.54) is 63.8 Å². The van der Waals surface area contributed by atoms with Crippen molar-refractivity contribution in [3.8, 4) is 0 Å². The number of unbranched alkanes of at least 4 members (excludes halogenated alkanes) is 8. The largest absolute Gasteiger partial charge is 0.394 e. The van der Waals surface area contributed by atoms with Crippen LogP contribution in [0.2, 0.25) is 12.1 Å². The standard InChI is InChI=1S/C17H39NO2Si/c1-4-19-21(6-3,20-5-2)17-15-13-11-9-7-8-10-12-14-16-18/h4-18H2,1-3H3. The lowest BCUT2D eigenvalue weighted by Crippen LogP contribution is -2.41. The van der Waals surface area contributed by atoms with Gasteiger partial charge in [0, 0.05) is 13.2 Å². The average molecular weight is 318 g/mol. The van der Waals surface area contributed by atoms with E-state index in [1.54, 1.807) is 0 Å². The Balaban J connectivity index is 3.57. The molecule has 128 valence electrons. The second-order valence-corrected chi connectivity index (χ2v) is 9.46. The van der Waals surface area contributed by atoms with Crippen molar-refractivity contribution in [2.75, 3.05) is 19.8 Å². The van der Waals surface area contributed by atoms with Crippen LogP contribution < -0.4 is 5.73 Å². The Hall–Kier alpha value is 0.0969. The maximum atomic E-state index is 6.01. The van der Waals surface area contributed by atoms with Crippen molar-refractivity contribution < 1.29 is 8.85 Å². The molecule has 0 aromatic heterocycles. The lowest BCUT2D eigenvalue weighted by Gasteiger charge is -2.28. The summed E-state index contributed by atoms with van der Waals surface area (Å²) >= 11 is 0. The van der Waals surface area contributed by atoms with Crippen LogP contribution in [0, 0.1) is 0 Å². The van der Waals surface area contributed by atoms with E-state index in [0.29, 0.717) is 0 Å². The van der Waals surface area contributed by atoms with Gasteiger partial charge in [-0.25, -0.2) is 0 Å². The van der Waals surface area contributed by atoms with Crippen LogP contribution >= 0.6 is 0 Å². The molecule has 0 rings (SSSR count). The lowest BCUT2D eigenvalue weighted by molar-refractivity contribution is 0.182. The monoisotopic (exact) mass is 317 g/mol. The van der Waals surface area contributed by atoms with Crippen molar-refractivity contribution in [1.29, 1.82) is 0 Å². The lowest BCUT2D eigenvalue weighted by atomic mass is 10.1. The number of hydrogen-bond acceptors (Lipinski definition) is 3. The first-order chi connectivity index (χ1) is 10.2. The summed E-state index contributed by atoms with van der Waals surface area (Å²) in [7, 11) is -1.87. The van der Waals surface area contributed by atoms with E-state index in [4.69, 9.17) is 14.6 Å². The average Bonchev–Trinajstić information content (AvgIpc) is 2.49. The van der Waals surface area contributed by atoms with Crippen LogP contribution in [0.1, 0.15) is 78.6 Å². The second kappa shape index (κ2) is 15.0. The highest BCUT2D eigenvalue weighted by molar-refractivity contribution is 6.67. The first-order valence-electron chi connectivity index (χ1n) is 9.22. The van der Waals surface area contributed by atoms with Gasteiger partial charge < -0.3 is 14.6 Å². The highest BCUT2D eigenvalue weighted by Crippen LogP contribution is 2.23. The molecule has 0 saturated carbocycles. The van der Waals surface area contributed by atoms with Crippen molar-refractivity contribution >= 4 is 8.56 Å². The summed E-state index contributed by atoms with van der Waals surface area (Å²) < 4.78 is 12.0. The van der Waals surface area contributed by atoms with Gasteiger partial charge in [0.25, 0.3) is 0 Å². The van der Waals surface area contributed by atoms with Gasteiger partial charge in [-0.05, 0) is 38.9 Å². The van der Waals surface area contributed by atoms with Crippen LogP contribution in [0.15, 0.2) is 0 Å². The smallest absolute Gasteiger partial charge is 0.337 e. The third-order valence-electron chi connectivity index (χ3n) is 4.12. The highest BCUT2D eigenvalue weighted by Gasteiger charge is 2.33. The van der Waals surface area contributed by atoms with Gasteiger partial charge in [0.1, 0.15) is 0 Å². The predicted octanol–water partition coefficient (Wildman–Crippen LogP) is 4.99. The second-order valence-electron chi connectivity index (χ2n) is 5.85. The van der Waals surface area contributed by atoms with Crippen LogP contribution in [-0.2, 0) is 8.85 Å². The molecule has 0 unspecified atom stereocenters. The third-order valence-corrected chi connectivity index (χ3v) is 7.94. The van der Waals surface area contributed by atoms with E-state index in [0.717, 1.165) is 25.8 Å². The van der Waals surface area contributed by atoms with E-state index >= 15 is 0 Å². The van der Waals surface area contributed by atoms with Crippen LogP contribution in [0.25, 0.3) is 0 Å². The van der Waals surface area contributed by atoms with E-state index in [1.807, 2.05) is 0 Å². The molecule has 2 N–H and O–H groups in total. The number of hydrogen-bond donors (Lipinski definition) is 1. The van der Waals surface area contributed by atoms with Crippen LogP contribution in [0.5, 0.6) is 0 Å². The molecule has 0 amide bonds. The maximum absolute atomic E-state index is 6.01. The number of nitrogens with two attached hydrogens (primary N) is 1. The third kappa shape index (κ3) is 11.3. The summed E-state index contributed by atoms with van der Waals surface area (Å²) in [6.07, 6.45) is 12.0. The molecule has 0 spiro atoms. The van der Waals surface area contributed by atoms with Crippen molar-refractivity contribution in [3.05, 3.63) is 0 Å². The molecule has 0 atom stereocenters. The first-order valence-corrected chi connectivity index (χ1v) is 11.5. The quantitative estimate of drug-likeness (QED) is 0.322. The number of rotatable bonds is 16. The summed E-state index contributed by atoms with van der Waals surface area (Å²) in [6, 6.07) is 2.25. The van der Waals surface area contributed by atoms with E-state index < -0.39 is 8.56 Å². The van der Waals surface area contributed by atoms with Gasteiger partial charge >= 0.3 is 8.56 Å². The molecule has 0 aliphatic rings. The van der Waals surface area contributed by atoms with E-state index in [9.17, 15) is 0 Å². The summed E-state index contributed by atoms with van der Waals surface area (Å²) in [6.45, 7) is 8.83. The Morgan fingerprint density at radius 2 is 1.10 bits per heavy atom. The fraction of sp³-hybridized carbons (Fsp3) is 1.00. The Bertz CT molecular complexity index is 209. The van der Waals surface area contributed by atoms with Crippen molar-refractivity contribution in [2.24, 2.45) is 5.73 Å². The highest BCUT2D eigenvalue weighted by atomic mass is 28.4. The van der Waals surface area contributed by atoms with Gasteiger partial charge in [0.2, 0.25) is 0 Å². The van der Waals surface area contributed by atoms with Crippen molar-refractivity contribution in [3.63, 3.8) is 0 Å². The Morgan fingerprint density at radius 1 is 0.667 bits per heavy atom. The SMILES string of the molecule is CCO[Si](CC)(CCCCCCCCCCCN)OCC. The Labute approximate surface area is 134 Å². The predicted molar refractivity (Wildman–Crippen MR) is 94.9 cm³/mol. The molecular formula is C17H39NO2Si. The zero-order valence-electron chi connectivity index (χ0n) is 14.8. The summed E-state index contributed by atoms with van der Waals surface area (Å²) in [5.41, 5.74) is 5.50. The summed E-state index contributed by atoms with van der Waals surface area (Å²) in [4.78, 5) is 0. The van der Waals surface area contributed by atoms with Gasteiger partial charge in [0.05, 0.1) is 0 Å². The zero-order chi connectivity index (χ0) is 15.8. The molecule has 0 aliphatic heterocycles. The van der Waals surface area contributed by atoms with Crippen LogP contribution in [0.4, 0.5) is 0 Å². The Kier molecular flexibility index (Phi) is 15.1. The zero-order valence-corrected chi connectivity index (χ0v) is 15.8. The van der Waals surface area contributed by atoms with Gasteiger partial charge in [-0.2, -0.15) is 0 Å². The normalized spacial score (nSPS) is 12.0. The molecule has 0 saturated heterocycles. The molecule has 0 bridgehead atoms. The van der Waals surface area contributed by atoms with Gasteiger partial charge in [-0.15, -0.1) is 0 Å². The first kappa shape index (κ1) is 21.1. The van der Waals surface area contributed by atoms with E-state index in [-0.39, 0.29) is 0 Å². The molecule has 0 aliphatic carbocycles. The minimum atomic E-state index is -1.87. The van der Waals surface area contributed by atoms with Gasteiger partial charge in [-0.3, -0.25) is 0 Å². The van der Waals surface area contributed by atoms with Crippen LogP contribution in [-0.4, -0.2) is 28.3 Å². The molecule has 0 radical (unpaired) electrons. The minimum absolute atomic E-state index is 0.795. The summed E-state index contributed by atoms with van der Waals surface area (Å²) in [5, 5.41) is 0. The molecule has 0 heterocycles. The summed E-state index contributed by atoms with van der Waals surface area (Å²) in [5.74, 6) is 0. The fourth-order valence-corrected chi connectivity index (χ4v) is 5.84. The fourth-order valence-electron chi connectivity index (χ4n) is 2.87. The Morgan fingerprint density at radius 3 is 1.48 bits per heavy atom. The van der Waals surface area contributed by atoms with Crippen molar-refractivity contribution in [2.45, 2.75) is 90.6 Å². The molecular weight excluding hydrogens is 278 g/mol.